The molecule has 3 nitrogen and oxygen atoms in total. The molecule has 0 fully saturated rings. The highest BCUT2D eigenvalue weighted by Crippen LogP contribution is 2.37. The lowest BCUT2D eigenvalue weighted by molar-refractivity contribution is -0.137. The average molecular weight is 411 g/mol. The fraction of sp³-hybridized carbons (Fsp3) is 0.400. The summed E-state index contributed by atoms with van der Waals surface area (Å²) in [5.41, 5.74) is 0.974. The minimum absolute atomic E-state index is 0.0613. The Bertz CT molecular complexity index is 767. The van der Waals surface area contributed by atoms with Crippen LogP contribution in [-0.4, -0.2) is 27.5 Å². The standard InChI is InChI=1S/C25H34O3Si/c1-7-27-24(26)18-20(2)21(3)19-28-29(25(4,5)6,22-14-10-8-11-15-22)23-16-12-9-13-17-23/h8-18,21H,7,19H2,1-6H3/b20-18+/t21-/m1/s1. The van der Waals surface area contributed by atoms with Gasteiger partial charge in [-0.1, -0.05) is 93.9 Å². The van der Waals surface area contributed by atoms with Gasteiger partial charge < -0.3 is 9.16 Å². The molecule has 0 aromatic heterocycles. The molecule has 0 heterocycles. The highest BCUT2D eigenvalue weighted by atomic mass is 28.4. The van der Waals surface area contributed by atoms with E-state index in [9.17, 15) is 4.79 Å². The van der Waals surface area contributed by atoms with Gasteiger partial charge in [0, 0.05) is 12.7 Å². The van der Waals surface area contributed by atoms with Crippen molar-refractivity contribution in [3.8, 4) is 0 Å². The van der Waals surface area contributed by atoms with Crippen LogP contribution in [0.5, 0.6) is 0 Å². The Labute approximate surface area is 176 Å². The molecular weight excluding hydrogens is 376 g/mol. The summed E-state index contributed by atoms with van der Waals surface area (Å²) in [6.07, 6.45) is 1.59. The van der Waals surface area contributed by atoms with Crippen molar-refractivity contribution >= 4 is 24.7 Å². The monoisotopic (exact) mass is 410 g/mol. The fourth-order valence-corrected chi connectivity index (χ4v) is 8.31. The number of benzene rings is 2. The molecule has 0 bridgehead atoms. The Morgan fingerprint density at radius 3 is 1.90 bits per heavy atom. The van der Waals surface area contributed by atoms with Crippen LogP contribution in [0.4, 0.5) is 0 Å². The first-order valence-corrected chi connectivity index (χ1v) is 12.2. The maximum Gasteiger partial charge on any atom is 0.330 e. The van der Waals surface area contributed by atoms with E-state index >= 15 is 0 Å². The molecule has 2 rings (SSSR count). The van der Waals surface area contributed by atoms with Crippen molar-refractivity contribution in [2.45, 2.75) is 46.6 Å². The first-order valence-electron chi connectivity index (χ1n) is 10.3. The fourth-order valence-electron chi connectivity index (χ4n) is 3.66. The van der Waals surface area contributed by atoms with Crippen molar-refractivity contribution in [3.05, 3.63) is 72.3 Å². The summed E-state index contributed by atoms with van der Waals surface area (Å²) in [6, 6.07) is 21.2. The predicted octanol–water partition coefficient (Wildman–Crippen LogP) is 4.71. The molecule has 29 heavy (non-hydrogen) atoms. The first-order chi connectivity index (χ1) is 13.7. The molecule has 0 unspecified atom stereocenters. The normalized spacial score (nSPS) is 13.8. The molecule has 0 N–H and O–H groups in total. The van der Waals surface area contributed by atoms with Gasteiger partial charge in [-0.3, -0.25) is 0 Å². The smallest absolute Gasteiger partial charge is 0.330 e. The quantitative estimate of drug-likeness (QED) is 0.359. The lowest BCUT2D eigenvalue weighted by Crippen LogP contribution is -2.66. The van der Waals surface area contributed by atoms with Crippen LogP contribution in [0.1, 0.15) is 41.5 Å². The van der Waals surface area contributed by atoms with Gasteiger partial charge in [0.05, 0.1) is 6.61 Å². The number of esters is 1. The van der Waals surface area contributed by atoms with E-state index in [1.807, 2.05) is 26.0 Å². The molecule has 1 atom stereocenters. The van der Waals surface area contributed by atoms with E-state index in [1.54, 1.807) is 6.08 Å². The summed E-state index contributed by atoms with van der Waals surface area (Å²) in [7, 11) is -2.56. The summed E-state index contributed by atoms with van der Waals surface area (Å²) in [6.45, 7) is 13.6. The third-order valence-corrected chi connectivity index (χ3v) is 10.4. The molecule has 0 radical (unpaired) electrons. The van der Waals surface area contributed by atoms with Crippen LogP contribution >= 0.6 is 0 Å². The Balaban J connectivity index is 2.43. The second-order valence-electron chi connectivity index (χ2n) is 8.52. The number of hydrogen-bond donors (Lipinski definition) is 0. The Hall–Kier alpha value is -2.17. The van der Waals surface area contributed by atoms with E-state index in [0.717, 1.165) is 5.57 Å². The minimum Gasteiger partial charge on any atom is -0.463 e. The van der Waals surface area contributed by atoms with Crippen molar-refractivity contribution < 1.29 is 14.0 Å². The van der Waals surface area contributed by atoms with E-state index in [4.69, 9.17) is 9.16 Å². The van der Waals surface area contributed by atoms with E-state index in [0.29, 0.717) is 13.2 Å². The molecule has 156 valence electrons. The van der Waals surface area contributed by atoms with Crippen LogP contribution < -0.4 is 10.4 Å². The van der Waals surface area contributed by atoms with E-state index < -0.39 is 8.32 Å². The predicted molar refractivity (Wildman–Crippen MR) is 123 cm³/mol. The third-order valence-electron chi connectivity index (χ3n) is 5.38. The van der Waals surface area contributed by atoms with Gasteiger partial charge in [-0.2, -0.15) is 0 Å². The summed E-state index contributed by atoms with van der Waals surface area (Å²) >= 11 is 0. The largest absolute Gasteiger partial charge is 0.463 e. The van der Waals surface area contributed by atoms with Crippen LogP contribution in [0.3, 0.4) is 0 Å². The van der Waals surface area contributed by atoms with Gasteiger partial charge in [0.2, 0.25) is 0 Å². The SMILES string of the molecule is CCOC(=O)/C=C(\C)[C@H](C)CO[Si](c1ccccc1)(c1ccccc1)C(C)(C)C. The Kier molecular flexibility index (Phi) is 8.00. The van der Waals surface area contributed by atoms with E-state index in [-0.39, 0.29) is 16.9 Å². The maximum absolute atomic E-state index is 11.8. The number of rotatable bonds is 8. The van der Waals surface area contributed by atoms with Gasteiger partial charge >= 0.3 is 5.97 Å². The molecule has 2 aromatic rings. The molecule has 0 amide bonds. The van der Waals surface area contributed by atoms with Crippen LogP contribution in [0.15, 0.2) is 72.3 Å². The molecular formula is C25H34O3Si. The molecule has 0 spiro atoms. The second-order valence-corrected chi connectivity index (χ2v) is 12.8. The van der Waals surface area contributed by atoms with Crippen molar-refractivity contribution in [1.82, 2.24) is 0 Å². The first kappa shape index (κ1) is 23.1. The van der Waals surface area contributed by atoms with Gasteiger partial charge in [-0.15, -0.1) is 0 Å². The van der Waals surface area contributed by atoms with Gasteiger partial charge in [0.1, 0.15) is 0 Å². The van der Waals surface area contributed by atoms with Crippen molar-refractivity contribution in [2.75, 3.05) is 13.2 Å². The highest BCUT2D eigenvalue weighted by Gasteiger charge is 2.50. The number of hydrogen-bond acceptors (Lipinski definition) is 3. The summed E-state index contributed by atoms with van der Waals surface area (Å²) < 4.78 is 12.0. The Morgan fingerprint density at radius 2 is 1.48 bits per heavy atom. The zero-order valence-electron chi connectivity index (χ0n) is 18.6. The van der Waals surface area contributed by atoms with Crippen molar-refractivity contribution in [3.63, 3.8) is 0 Å². The molecule has 0 aliphatic carbocycles. The molecule has 0 saturated carbocycles. The van der Waals surface area contributed by atoms with Crippen LogP contribution in [0.2, 0.25) is 5.04 Å². The lowest BCUT2D eigenvalue weighted by atomic mass is 10.0. The lowest BCUT2D eigenvalue weighted by Gasteiger charge is -2.43. The van der Waals surface area contributed by atoms with E-state index in [2.05, 4.69) is 76.2 Å². The minimum atomic E-state index is -2.56. The Morgan fingerprint density at radius 1 is 1.00 bits per heavy atom. The van der Waals surface area contributed by atoms with Gasteiger partial charge in [-0.05, 0) is 35.2 Å². The van der Waals surface area contributed by atoms with Gasteiger partial charge in [0.25, 0.3) is 8.32 Å². The second kappa shape index (κ2) is 10.0. The molecule has 0 saturated heterocycles. The third kappa shape index (κ3) is 5.46. The van der Waals surface area contributed by atoms with Crippen LogP contribution in [-0.2, 0) is 14.0 Å². The maximum atomic E-state index is 11.8. The molecule has 4 heteroatoms. The summed E-state index contributed by atoms with van der Waals surface area (Å²) in [5.74, 6) is -0.177. The summed E-state index contributed by atoms with van der Waals surface area (Å²) in [5, 5.41) is 2.46. The van der Waals surface area contributed by atoms with Crippen molar-refractivity contribution in [1.29, 1.82) is 0 Å². The van der Waals surface area contributed by atoms with Gasteiger partial charge in [-0.25, -0.2) is 4.79 Å². The molecule has 0 aliphatic rings. The average Bonchev–Trinajstić information content (AvgIpc) is 2.69. The zero-order valence-corrected chi connectivity index (χ0v) is 19.6. The van der Waals surface area contributed by atoms with Crippen molar-refractivity contribution in [2.24, 2.45) is 5.92 Å². The number of ether oxygens (including phenoxy) is 1. The number of carbonyl (C=O) groups excluding carboxylic acids is 1. The van der Waals surface area contributed by atoms with E-state index in [1.165, 1.54) is 10.4 Å². The van der Waals surface area contributed by atoms with Crippen LogP contribution in [0.25, 0.3) is 0 Å². The summed E-state index contributed by atoms with van der Waals surface area (Å²) in [4.78, 5) is 11.8. The topological polar surface area (TPSA) is 35.5 Å². The molecule has 2 aromatic carbocycles. The van der Waals surface area contributed by atoms with Gasteiger partial charge in [0.15, 0.2) is 0 Å². The zero-order chi connectivity index (χ0) is 21.5. The highest BCUT2D eigenvalue weighted by molar-refractivity contribution is 6.99. The molecule has 0 aliphatic heterocycles. The van der Waals surface area contributed by atoms with Crippen LogP contribution in [0, 0.1) is 5.92 Å². The number of carbonyl (C=O) groups is 1.